The lowest BCUT2D eigenvalue weighted by Gasteiger charge is -2.39. The van der Waals surface area contributed by atoms with Crippen molar-refractivity contribution in [1.82, 2.24) is 0 Å². The maximum atomic E-state index is 14.0. The van der Waals surface area contributed by atoms with Gasteiger partial charge in [0.2, 0.25) is 0 Å². The van der Waals surface area contributed by atoms with Gasteiger partial charge in [0.25, 0.3) is 0 Å². The molecule has 0 aromatic heterocycles. The Labute approximate surface area is 157 Å². The first kappa shape index (κ1) is 19.2. The molecule has 1 aliphatic rings. The topological polar surface area (TPSA) is 38.3 Å². The summed E-state index contributed by atoms with van der Waals surface area (Å²) in [7, 11) is -3.22. The second-order valence-electron chi connectivity index (χ2n) is 7.83. The van der Waals surface area contributed by atoms with Crippen LogP contribution in [-0.2, 0) is 9.09 Å². The van der Waals surface area contributed by atoms with E-state index in [2.05, 4.69) is 25.9 Å². The maximum absolute atomic E-state index is 14.0. The summed E-state index contributed by atoms with van der Waals surface area (Å²) in [4.78, 5) is 0. The van der Waals surface area contributed by atoms with Gasteiger partial charge in [0.05, 0.1) is 11.4 Å². The van der Waals surface area contributed by atoms with E-state index in [1.54, 1.807) is 0 Å². The van der Waals surface area contributed by atoms with Crippen molar-refractivity contribution in [2.24, 2.45) is 17.8 Å². The molecule has 2 aromatic rings. The Morgan fingerprint density at radius 1 is 1.00 bits per heavy atom. The third kappa shape index (κ3) is 4.58. The Kier molecular flexibility index (Phi) is 6.21. The Morgan fingerprint density at radius 3 is 2.23 bits per heavy atom. The predicted molar refractivity (Wildman–Crippen MR) is 110 cm³/mol. The monoisotopic (exact) mass is 371 g/mol. The summed E-state index contributed by atoms with van der Waals surface area (Å²) in [6.07, 6.45) is 3.35. The van der Waals surface area contributed by atoms with Crippen molar-refractivity contribution in [2.45, 2.75) is 46.1 Å². The summed E-state index contributed by atoms with van der Waals surface area (Å²) in [5.74, 6) is 1.57. The molecular weight excluding hydrogens is 341 g/mol. The first-order valence-corrected chi connectivity index (χ1v) is 11.3. The molecule has 1 fully saturated rings. The lowest BCUT2D eigenvalue weighted by Crippen LogP contribution is -2.35. The van der Waals surface area contributed by atoms with Crippen LogP contribution in [0.3, 0.4) is 0 Å². The predicted octanol–water partition coefficient (Wildman–Crippen LogP) is 6.09. The van der Waals surface area contributed by atoms with Gasteiger partial charge in [-0.2, -0.15) is 0 Å². The average Bonchev–Trinajstić information content (AvgIpc) is 2.63. The zero-order valence-corrected chi connectivity index (χ0v) is 16.9. The molecule has 26 heavy (non-hydrogen) atoms. The van der Waals surface area contributed by atoms with Crippen LogP contribution in [-0.4, -0.2) is 6.10 Å². The molecule has 0 spiro atoms. The SMILES string of the molecule is CC(C)[C@@H]1CC[C@H](C)C[C@H]1O[P@](=O)(Nc1ccccc1)c1ccccc1. The molecule has 0 saturated heterocycles. The van der Waals surface area contributed by atoms with Crippen LogP contribution in [0.15, 0.2) is 60.7 Å². The van der Waals surface area contributed by atoms with Crippen molar-refractivity contribution in [2.75, 3.05) is 5.09 Å². The summed E-state index contributed by atoms with van der Waals surface area (Å²) >= 11 is 0. The Balaban J connectivity index is 1.91. The van der Waals surface area contributed by atoms with Crippen molar-refractivity contribution in [3.63, 3.8) is 0 Å². The van der Waals surface area contributed by atoms with Gasteiger partial charge in [0.15, 0.2) is 0 Å². The number of anilines is 1. The van der Waals surface area contributed by atoms with Gasteiger partial charge in [0.1, 0.15) is 0 Å². The molecule has 0 aliphatic heterocycles. The average molecular weight is 371 g/mol. The van der Waals surface area contributed by atoms with E-state index < -0.39 is 7.52 Å². The molecule has 4 heteroatoms. The maximum Gasteiger partial charge on any atom is 0.324 e. The van der Waals surface area contributed by atoms with E-state index in [1.165, 1.54) is 6.42 Å². The minimum atomic E-state index is -3.22. The van der Waals surface area contributed by atoms with Crippen LogP contribution in [0, 0.1) is 17.8 Å². The van der Waals surface area contributed by atoms with Gasteiger partial charge in [0, 0.05) is 5.69 Å². The number of hydrogen-bond donors (Lipinski definition) is 1. The van der Waals surface area contributed by atoms with Crippen LogP contribution in [0.4, 0.5) is 5.69 Å². The van der Waals surface area contributed by atoms with Crippen LogP contribution in [0.1, 0.15) is 40.0 Å². The molecule has 3 rings (SSSR count). The van der Waals surface area contributed by atoms with E-state index in [9.17, 15) is 4.57 Å². The quantitative estimate of drug-likeness (QED) is 0.624. The van der Waals surface area contributed by atoms with E-state index >= 15 is 0 Å². The Bertz CT molecular complexity index is 732. The zero-order chi connectivity index (χ0) is 18.6. The Morgan fingerprint density at radius 2 is 1.62 bits per heavy atom. The highest BCUT2D eigenvalue weighted by Gasteiger charge is 2.38. The van der Waals surface area contributed by atoms with E-state index in [-0.39, 0.29) is 6.10 Å². The first-order chi connectivity index (χ1) is 12.5. The minimum Gasteiger partial charge on any atom is -0.312 e. The second-order valence-corrected chi connectivity index (χ2v) is 9.89. The van der Waals surface area contributed by atoms with E-state index in [0.717, 1.165) is 23.8 Å². The molecule has 1 aliphatic carbocycles. The summed E-state index contributed by atoms with van der Waals surface area (Å²) < 4.78 is 20.5. The molecule has 0 heterocycles. The van der Waals surface area contributed by atoms with E-state index in [0.29, 0.717) is 17.8 Å². The lowest BCUT2D eigenvalue weighted by molar-refractivity contribution is 0.0506. The van der Waals surface area contributed by atoms with Gasteiger partial charge in [-0.1, -0.05) is 63.6 Å². The van der Waals surface area contributed by atoms with Gasteiger partial charge in [-0.05, 0) is 54.9 Å². The molecular formula is C22H30NO2P. The van der Waals surface area contributed by atoms with Gasteiger partial charge < -0.3 is 9.61 Å². The summed E-state index contributed by atoms with van der Waals surface area (Å²) in [5.41, 5.74) is 0.824. The molecule has 2 aromatic carbocycles. The minimum absolute atomic E-state index is 0.0148. The largest absolute Gasteiger partial charge is 0.324 e. The third-order valence-corrected chi connectivity index (χ3v) is 7.49. The fourth-order valence-electron chi connectivity index (χ4n) is 3.89. The normalized spacial score (nSPS) is 25.6. The highest BCUT2D eigenvalue weighted by atomic mass is 31.2. The molecule has 1 N–H and O–H groups in total. The Hall–Kier alpha value is -1.57. The van der Waals surface area contributed by atoms with Crippen molar-refractivity contribution < 1.29 is 9.09 Å². The standard InChI is InChI=1S/C22H30NO2P/c1-17(2)21-15-14-18(3)16-22(21)25-26(24,20-12-8-5-9-13-20)23-19-10-6-4-7-11-19/h4-13,17-18,21-22H,14-16H2,1-3H3,(H,23,24)/t18-,21-,22+,26-/m0/s1. The van der Waals surface area contributed by atoms with Gasteiger partial charge in [-0.3, -0.25) is 4.57 Å². The molecule has 0 bridgehead atoms. The molecule has 4 atom stereocenters. The first-order valence-electron chi connectivity index (χ1n) is 9.65. The number of hydrogen-bond acceptors (Lipinski definition) is 2. The van der Waals surface area contributed by atoms with Crippen molar-refractivity contribution in [1.29, 1.82) is 0 Å². The number of benzene rings is 2. The highest BCUT2D eigenvalue weighted by Crippen LogP contribution is 2.50. The highest BCUT2D eigenvalue weighted by molar-refractivity contribution is 7.68. The van der Waals surface area contributed by atoms with Crippen molar-refractivity contribution in [3.05, 3.63) is 60.7 Å². The van der Waals surface area contributed by atoms with E-state index in [4.69, 9.17) is 4.52 Å². The second kappa shape index (κ2) is 8.41. The third-order valence-electron chi connectivity index (χ3n) is 5.39. The van der Waals surface area contributed by atoms with E-state index in [1.807, 2.05) is 60.7 Å². The summed E-state index contributed by atoms with van der Waals surface area (Å²) in [6.45, 7) is 6.76. The van der Waals surface area contributed by atoms with Crippen LogP contribution in [0.2, 0.25) is 0 Å². The molecule has 140 valence electrons. The molecule has 0 radical (unpaired) electrons. The van der Waals surface area contributed by atoms with Crippen LogP contribution >= 0.6 is 7.52 Å². The number of nitrogens with one attached hydrogen (secondary N) is 1. The van der Waals surface area contributed by atoms with Crippen LogP contribution in [0.5, 0.6) is 0 Å². The molecule has 1 saturated carbocycles. The van der Waals surface area contributed by atoms with Gasteiger partial charge in [-0.15, -0.1) is 0 Å². The molecule has 0 unspecified atom stereocenters. The van der Waals surface area contributed by atoms with Crippen molar-refractivity contribution in [3.8, 4) is 0 Å². The molecule has 0 amide bonds. The van der Waals surface area contributed by atoms with Gasteiger partial charge >= 0.3 is 7.52 Å². The smallest absolute Gasteiger partial charge is 0.312 e. The number of rotatable bonds is 6. The summed E-state index contributed by atoms with van der Waals surface area (Å²) in [6, 6.07) is 19.3. The van der Waals surface area contributed by atoms with Crippen LogP contribution < -0.4 is 10.4 Å². The zero-order valence-electron chi connectivity index (χ0n) is 16.0. The summed E-state index contributed by atoms with van der Waals surface area (Å²) in [5, 5.41) is 3.95. The fraction of sp³-hybridized carbons (Fsp3) is 0.455. The lowest BCUT2D eigenvalue weighted by atomic mass is 9.75. The van der Waals surface area contributed by atoms with Crippen LogP contribution in [0.25, 0.3) is 0 Å². The van der Waals surface area contributed by atoms with Crippen molar-refractivity contribution >= 4 is 18.5 Å². The number of para-hydroxylation sites is 1. The fourth-order valence-corrected chi connectivity index (χ4v) is 5.87. The molecule has 3 nitrogen and oxygen atoms in total. The van der Waals surface area contributed by atoms with Gasteiger partial charge in [-0.25, -0.2) is 0 Å².